The molecule has 5 atom stereocenters. The molecule has 2 aromatic carbocycles. The van der Waals surface area contributed by atoms with Gasteiger partial charge in [0.15, 0.2) is 8.32 Å². The normalized spacial score (nSPS) is 21.8. The molecule has 0 aliphatic heterocycles. The van der Waals surface area contributed by atoms with Gasteiger partial charge in [-0.1, -0.05) is 133 Å². The van der Waals surface area contributed by atoms with Crippen LogP contribution in [0.25, 0.3) is 0 Å². The minimum absolute atomic E-state index is 0.0555. The van der Waals surface area contributed by atoms with Crippen molar-refractivity contribution in [1.82, 2.24) is 0 Å². The molecule has 0 heterocycles. The van der Waals surface area contributed by atoms with E-state index in [0.717, 1.165) is 12.8 Å². The molecule has 0 N–H and O–H groups in total. The van der Waals surface area contributed by atoms with Gasteiger partial charge in [0.1, 0.15) is 6.10 Å². The largest absolute Gasteiger partial charge is 0.458 e. The molecule has 0 amide bonds. The van der Waals surface area contributed by atoms with E-state index >= 15 is 0 Å². The summed E-state index contributed by atoms with van der Waals surface area (Å²) in [4.78, 5) is 13.5. The van der Waals surface area contributed by atoms with Gasteiger partial charge in [-0.3, -0.25) is 4.79 Å². The summed E-state index contributed by atoms with van der Waals surface area (Å²) in [6.07, 6.45) is 9.18. The van der Waals surface area contributed by atoms with Gasteiger partial charge in [-0.15, -0.1) is 6.58 Å². The highest BCUT2D eigenvalue weighted by Gasteiger charge is 2.54. The zero-order valence-corrected chi connectivity index (χ0v) is 30.6. The molecule has 0 aromatic heterocycles. The lowest BCUT2D eigenvalue weighted by atomic mass is 9.75. The van der Waals surface area contributed by atoms with Crippen molar-refractivity contribution in [1.29, 1.82) is 0 Å². The Morgan fingerprint density at radius 2 is 1.32 bits per heavy atom. The average molecular weight is 633 g/mol. The minimum atomic E-state index is -2.90. The van der Waals surface area contributed by atoms with Crippen molar-refractivity contribution in [2.75, 3.05) is 0 Å². The van der Waals surface area contributed by atoms with Crippen LogP contribution in [0.3, 0.4) is 0 Å². The van der Waals surface area contributed by atoms with Crippen LogP contribution in [0.5, 0.6) is 0 Å². The summed E-state index contributed by atoms with van der Waals surface area (Å²) >= 11 is 0. The van der Waals surface area contributed by atoms with E-state index in [1.54, 1.807) is 6.08 Å². The maximum Gasteiger partial charge on any atom is 0.306 e. The van der Waals surface area contributed by atoms with Crippen LogP contribution < -0.4 is 10.4 Å². The highest BCUT2D eigenvalue weighted by Crippen LogP contribution is 2.45. The Labute approximate surface area is 269 Å². The number of allylic oxidation sites excluding steroid dienone is 1. The predicted molar refractivity (Wildman–Crippen MR) is 190 cm³/mol. The molecular formula is C38H56O4Si2. The van der Waals surface area contributed by atoms with Crippen LogP contribution in [0, 0.1) is 11.8 Å². The molecule has 0 spiro atoms. The first-order chi connectivity index (χ1) is 20.6. The summed E-state index contributed by atoms with van der Waals surface area (Å²) in [7, 11) is -5.02. The van der Waals surface area contributed by atoms with E-state index < -0.39 is 16.6 Å². The van der Waals surface area contributed by atoms with E-state index in [4.69, 9.17) is 13.6 Å². The molecular weight excluding hydrogens is 577 g/mol. The van der Waals surface area contributed by atoms with Gasteiger partial charge in [0.2, 0.25) is 0 Å². The molecule has 0 radical (unpaired) electrons. The molecule has 0 bridgehead atoms. The molecule has 0 saturated heterocycles. The Hall–Kier alpha value is -2.52. The van der Waals surface area contributed by atoms with E-state index in [1.807, 2.05) is 13.0 Å². The van der Waals surface area contributed by atoms with E-state index in [9.17, 15) is 4.79 Å². The summed E-state index contributed by atoms with van der Waals surface area (Å²) in [6.45, 7) is 28.0. The summed E-state index contributed by atoms with van der Waals surface area (Å²) in [5, 5.41) is 2.30. The van der Waals surface area contributed by atoms with Gasteiger partial charge >= 0.3 is 5.97 Å². The fraction of sp³-hybridized carbons (Fsp3) is 0.500. The third-order valence-electron chi connectivity index (χ3n) is 9.61. The Morgan fingerprint density at radius 1 is 0.818 bits per heavy atom. The van der Waals surface area contributed by atoms with Crippen LogP contribution in [0.15, 0.2) is 98.1 Å². The lowest BCUT2D eigenvalue weighted by Gasteiger charge is -2.49. The highest BCUT2D eigenvalue weighted by atomic mass is 28.4. The van der Waals surface area contributed by atoms with Crippen LogP contribution in [0.4, 0.5) is 0 Å². The van der Waals surface area contributed by atoms with E-state index in [1.165, 1.54) is 10.4 Å². The fourth-order valence-electron chi connectivity index (χ4n) is 6.11. The molecule has 1 aliphatic rings. The average Bonchev–Trinajstić information content (AvgIpc) is 2.95. The van der Waals surface area contributed by atoms with E-state index in [-0.39, 0.29) is 52.6 Å². The first-order valence-corrected chi connectivity index (χ1v) is 21.0. The van der Waals surface area contributed by atoms with Gasteiger partial charge in [-0.2, -0.15) is 0 Å². The van der Waals surface area contributed by atoms with Crippen molar-refractivity contribution in [2.45, 2.75) is 109 Å². The first-order valence-electron chi connectivity index (χ1n) is 16.2. The van der Waals surface area contributed by atoms with Gasteiger partial charge in [0, 0.05) is 5.92 Å². The molecule has 4 nitrogen and oxygen atoms in total. The number of ether oxygens (including phenoxy) is 1. The SMILES string of the molecule is C=CCC[C@@H]1[C@@H](CC(=O)O[C@H](C)C=C)[C@@H](O[Si](c2ccccc2)(c2ccccc2)C(C)(C)C)C=C[C@H]1O[Si](C)(C)C(C)(C)C. The molecule has 0 saturated carbocycles. The Bertz CT molecular complexity index is 1220. The fourth-order valence-corrected chi connectivity index (χ4v) is 12.1. The van der Waals surface area contributed by atoms with Crippen LogP contribution in [0.2, 0.25) is 23.2 Å². The molecule has 0 fully saturated rings. The van der Waals surface area contributed by atoms with E-state index in [0.29, 0.717) is 0 Å². The summed E-state index contributed by atoms with van der Waals surface area (Å²) < 4.78 is 20.5. The number of carbonyl (C=O) groups is 1. The first kappa shape index (κ1) is 36.0. The molecule has 44 heavy (non-hydrogen) atoms. The van der Waals surface area contributed by atoms with Gasteiger partial charge < -0.3 is 13.6 Å². The van der Waals surface area contributed by atoms with Crippen molar-refractivity contribution in [3.05, 3.63) is 98.1 Å². The monoisotopic (exact) mass is 632 g/mol. The smallest absolute Gasteiger partial charge is 0.306 e. The van der Waals surface area contributed by atoms with Crippen molar-refractivity contribution >= 4 is 33.0 Å². The molecule has 2 aromatic rings. The molecule has 240 valence electrons. The zero-order chi connectivity index (χ0) is 32.8. The Morgan fingerprint density at radius 3 is 1.75 bits per heavy atom. The second-order valence-corrected chi connectivity index (χ2v) is 23.8. The van der Waals surface area contributed by atoms with Crippen LogP contribution in [-0.4, -0.2) is 40.9 Å². The summed E-state index contributed by atoms with van der Waals surface area (Å²) in [5.41, 5.74) is 0. The van der Waals surface area contributed by atoms with E-state index in [2.05, 4.69) is 141 Å². The lowest BCUT2D eigenvalue weighted by molar-refractivity contribution is -0.149. The highest BCUT2D eigenvalue weighted by molar-refractivity contribution is 6.99. The van der Waals surface area contributed by atoms with Gasteiger partial charge in [-0.05, 0) is 59.2 Å². The third kappa shape index (κ3) is 8.19. The van der Waals surface area contributed by atoms with Crippen molar-refractivity contribution < 1.29 is 18.4 Å². The molecule has 0 unspecified atom stereocenters. The third-order valence-corrected chi connectivity index (χ3v) is 19.1. The second-order valence-electron chi connectivity index (χ2n) is 14.8. The lowest BCUT2D eigenvalue weighted by Crippen LogP contribution is -2.68. The second kappa shape index (κ2) is 14.7. The standard InChI is InChI=1S/C38H56O4Si2/c1-12-14-25-32-33(28-36(39)40-29(3)13-2)35(27-26-34(32)41-43(10,11)37(4,5)6)42-44(38(7,8)9,30-21-17-15-18-22-30)31-23-19-16-20-24-31/h12-13,15-24,26-27,29,32-35H,1-2,14,25,28H2,3-11H3/t29-,32-,33-,34-,35+/m1/s1. The van der Waals surface area contributed by atoms with Crippen LogP contribution in [0.1, 0.15) is 67.7 Å². The Balaban J connectivity index is 2.21. The molecule has 3 rings (SSSR count). The topological polar surface area (TPSA) is 44.8 Å². The number of esters is 1. The maximum absolute atomic E-state index is 13.5. The maximum atomic E-state index is 13.5. The molecule has 1 aliphatic carbocycles. The van der Waals surface area contributed by atoms with Gasteiger partial charge in [0.25, 0.3) is 8.32 Å². The minimum Gasteiger partial charge on any atom is -0.458 e. The zero-order valence-electron chi connectivity index (χ0n) is 28.6. The quantitative estimate of drug-likeness (QED) is 0.126. The number of hydrogen-bond acceptors (Lipinski definition) is 4. The summed E-state index contributed by atoms with van der Waals surface area (Å²) in [6, 6.07) is 21.4. The van der Waals surface area contributed by atoms with Crippen LogP contribution in [-0.2, 0) is 18.4 Å². The van der Waals surface area contributed by atoms with Crippen molar-refractivity contribution in [3.8, 4) is 0 Å². The van der Waals surface area contributed by atoms with Crippen molar-refractivity contribution in [2.24, 2.45) is 11.8 Å². The van der Waals surface area contributed by atoms with Crippen molar-refractivity contribution in [3.63, 3.8) is 0 Å². The van der Waals surface area contributed by atoms with Gasteiger partial charge in [-0.25, -0.2) is 0 Å². The number of hydrogen-bond donors (Lipinski definition) is 0. The van der Waals surface area contributed by atoms with Crippen LogP contribution >= 0.6 is 0 Å². The number of benzene rings is 2. The Kier molecular flexibility index (Phi) is 12.0. The number of carbonyl (C=O) groups excluding carboxylic acids is 1. The molecule has 6 heteroatoms. The number of rotatable bonds is 13. The van der Waals surface area contributed by atoms with Gasteiger partial charge in [0.05, 0.1) is 18.6 Å². The predicted octanol–water partition coefficient (Wildman–Crippen LogP) is 8.60. The summed E-state index contributed by atoms with van der Waals surface area (Å²) in [5.74, 6) is -0.314.